The van der Waals surface area contributed by atoms with Gasteiger partial charge in [0.1, 0.15) is 0 Å². The van der Waals surface area contributed by atoms with Crippen LogP contribution < -0.4 is 5.32 Å². The van der Waals surface area contributed by atoms with Crippen molar-refractivity contribution in [1.29, 1.82) is 0 Å². The molecule has 1 aromatic heterocycles. The van der Waals surface area contributed by atoms with E-state index in [1.165, 1.54) is 12.8 Å². The zero-order valence-corrected chi connectivity index (χ0v) is 8.95. The average molecular weight is 214 g/mol. The molecule has 3 nitrogen and oxygen atoms in total. The first-order valence-corrected chi connectivity index (χ1v) is 5.60. The highest BCUT2D eigenvalue weighted by atomic mass is 35.5. The highest BCUT2D eigenvalue weighted by Crippen LogP contribution is 2.30. The van der Waals surface area contributed by atoms with Crippen molar-refractivity contribution in [2.75, 3.05) is 13.1 Å². The van der Waals surface area contributed by atoms with E-state index >= 15 is 0 Å². The van der Waals surface area contributed by atoms with Gasteiger partial charge in [0.2, 0.25) is 0 Å². The molecule has 14 heavy (non-hydrogen) atoms. The molecule has 0 aliphatic heterocycles. The molecule has 0 saturated heterocycles. The minimum Gasteiger partial charge on any atom is -0.315 e. The van der Waals surface area contributed by atoms with Crippen LogP contribution in [0, 0.1) is 5.92 Å². The lowest BCUT2D eigenvalue weighted by molar-refractivity contribution is 0.306. The van der Waals surface area contributed by atoms with Crippen LogP contribution in [0.1, 0.15) is 12.8 Å². The third-order valence-electron chi connectivity index (χ3n) is 2.69. The van der Waals surface area contributed by atoms with E-state index in [1.807, 2.05) is 23.1 Å². The lowest BCUT2D eigenvalue weighted by atomic mass is 9.85. The van der Waals surface area contributed by atoms with Crippen LogP contribution in [0.25, 0.3) is 0 Å². The van der Waals surface area contributed by atoms with E-state index in [-0.39, 0.29) is 0 Å². The van der Waals surface area contributed by atoms with Crippen molar-refractivity contribution in [3.8, 4) is 0 Å². The topological polar surface area (TPSA) is 29.9 Å². The van der Waals surface area contributed by atoms with E-state index in [0.29, 0.717) is 5.38 Å². The summed E-state index contributed by atoms with van der Waals surface area (Å²) in [5.74, 6) is 0.801. The second kappa shape index (κ2) is 4.80. The van der Waals surface area contributed by atoms with Crippen molar-refractivity contribution < 1.29 is 0 Å². The van der Waals surface area contributed by atoms with Crippen LogP contribution in [0.5, 0.6) is 0 Å². The van der Waals surface area contributed by atoms with E-state index in [9.17, 15) is 0 Å². The number of halogens is 1. The molecule has 1 N–H and O–H groups in total. The summed E-state index contributed by atoms with van der Waals surface area (Å²) >= 11 is 5.90. The van der Waals surface area contributed by atoms with Gasteiger partial charge in [0, 0.05) is 24.3 Å². The molecule has 0 aromatic carbocycles. The van der Waals surface area contributed by atoms with Gasteiger partial charge in [-0.1, -0.05) is 0 Å². The largest absolute Gasteiger partial charge is 0.315 e. The molecule has 0 amide bonds. The Hall–Kier alpha value is -0.540. The lowest BCUT2D eigenvalue weighted by Crippen LogP contribution is -2.34. The minimum absolute atomic E-state index is 0.438. The van der Waals surface area contributed by atoms with E-state index in [0.717, 1.165) is 25.6 Å². The smallest absolute Gasteiger partial charge is 0.0533 e. The summed E-state index contributed by atoms with van der Waals surface area (Å²) < 4.78 is 1.94. The Bertz CT molecular complexity index is 254. The molecule has 1 fully saturated rings. The number of hydrogen-bond donors (Lipinski definition) is 1. The van der Waals surface area contributed by atoms with Crippen molar-refractivity contribution in [2.24, 2.45) is 5.92 Å². The van der Waals surface area contributed by atoms with Gasteiger partial charge in [0.05, 0.1) is 6.54 Å². The summed E-state index contributed by atoms with van der Waals surface area (Å²) in [5.41, 5.74) is 0. The fraction of sp³-hybridized carbons (Fsp3) is 0.700. The summed E-state index contributed by atoms with van der Waals surface area (Å²) in [7, 11) is 0. The molecule has 2 rings (SSSR count). The lowest BCUT2D eigenvalue weighted by Gasteiger charge is -2.30. The maximum Gasteiger partial charge on any atom is 0.0533 e. The Labute approximate surface area is 89.4 Å². The number of aromatic nitrogens is 2. The van der Waals surface area contributed by atoms with E-state index < -0.39 is 0 Å². The molecule has 0 bridgehead atoms. The third kappa shape index (κ3) is 2.72. The molecular formula is C10H16ClN3. The fourth-order valence-electron chi connectivity index (χ4n) is 1.75. The van der Waals surface area contributed by atoms with Crippen molar-refractivity contribution in [3.63, 3.8) is 0 Å². The summed E-state index contributed by atoms with van der Waals surface area (Å²) in [4.78, 5) is 0. The van der Waals surface area contributed by atoms with Crippen molar-refractivity contribution >= 4 is 11.6 Å². The summed E-state index contributed by atoms with van der Waals surface area (Å²) in [6.45, 7) is 3.04. The summed E-state index contributed by atoms with van der Waals surface area (Å²) in [6, 6.07) is 1.95. The summed E-state index contributed by atoms with van der Waals surface area (Å²) in [6.07, 6.45) is 6.15. The normalized spacial score (nSPS) is 26.1. The van der Waals surface area contributed by atoms with Crippen molar-refractivity contribution in [3.05, 3.63) is 18.5 Å². The minimum atomic E-state index is 0.438. The number of nitrogens with zero attached hydrogens (tertiary/aromatic N) is 2. The zero-order chi connectivity index (χ0) is 9.80. The van der Waals surface area contributed by atoms with Gasteiger partial charge in [0.25, 0.3) is 0 Å². The molecule has 0 radical (unpaired) electrons. The van der Waals surface area contributed by atoms with Gasteiger partial charge in [-0.15, -0.1) is 11.6 Å². The Morgan fingerprint density at radius 2 is 2.36 bits per heavy atom. The quantitative estimate of drug-likeness (QED) is 0.594. The van der Waals surface area contributed by atoms with Crippen molar-refractivity contribution in [1.82, 2.24) is 15.1 Å². The first-order chi connectivity index (χ1) is 6.84. The Morgan fingerprint density at radius 3 is 3.00 bits per heavy atom. The van der Waals surface area contributed by atoms with Crippen LogP contribution >= 0.6 is 11.6 Å². The van der Waals surface area contributed by atoms with Crippen LogP contribution in [0.15, 0.2) is 18.5 Å². The SMILES string of the molecule is ClC1CC(CNCCn2cccn2)C1. The first kappa shape index (κ1) is 9.99. The third-order valence-corrected chi connectivity index (χ3v) is 3.04. The highest BCUT2D eigenvalue weighted by Gasteiger charge is 2.26. The van der Waals surface area contributed by atoms with Gasteiger partial charge in [-0.25, -0.2) is 0 Å². The predicted octanol–water partition coefficient (Wildman–Crippen LogP) is 1.49. The Balaban J connectivity index is 1.52. The molecule has 1 saturated carbocycles. The Kier molecular flexibility index (Phi) is 3.43. The average Bonchev–Trinajstić information content (AvgIpc) is 2.61. The van der Waals surface area contributed by atoms with E-state index in [4.69, 9.17) is 11.6 Å². The number of nitrogens with one attached hydrogen (secondary N) is 1. The van der Waals surface area contributed by atoms with Gasteiger partial charge < -0.3 is 5.32 Å². The molecule has 1 aromatic rings. The number of rotatable bonds is 5. The van der Waals surface area contributed by atoms with Gasteiger partial charge in [-0.3, -0.25) is 4.68 Å². The predicted molar refractivity (Wildman–Crippen MR) is 57.5 cm³/mol. The maximum absolute atomic E-state index is 5.90. The Morgan fingerprint density at radius 1 is 1.50 bits per heavy atom. The first-order valence-electron chi connectivity index (χ1n) is 5.17. The molecule has 1 aliphatic rings. The molecule has 1 heterocycles. The number of hydrogen-bond acceptors (Lipinski definition) is 2. The molecule has 78 valence electrons. The second-order valence-electron chi connectivity index (χ2n) is 3.91. The van der Waals surface area contributed by atoms with Gasteiger partial charge in [-0.2, -0.15) is 5.10 Å². The van der Waals surface area contributed by atoms with Crippen molar-refractivity contribution in [2.45, 2.75) is 24.8 Å². The standard InChI is InChI=1S/C10H16ClN3/c11-10-6-9(7-10)8-12-3-5-14-4-1-2-13-14/h1-2,4,9-10,12H,3,5-8H2. The zero-order valence-electron chi connectivity index (χ0n) is 8.19. The maximum atomic E-state index is 5.90. The van der Waals surface area contributed by atoms with Crippen LogP contribution in [-0.2, 0) is 6.54 Å². The summed E-state index contributed by atoms with van der Waals surface area (Å²) in [5, 5.41) is 8.00. The molecule has 0 spiro atoms. The molecular weight excluding hydrogens is 198 g/mol. The number of alkyl halides is 1. The molecule has 0 atom stereocenters. The van der Waals surface area contributed by atoms with E-state index in [1.54, 1.807) is 0 Å². The fourth-order valence-corrected chi connectivity index (χ4v) is 2.26. The van der Waals surface area contributed by atoms with Crippen LogP contribution in [0.2, 0.25) is 0 Å². The van der Waals surface area contributed by atoms with Crippen LogP contribution in [0.4, 0.5) is 0 Å². The monoisotopic (exact) mass is 213 g/mol. The molecule has 1 aliphatic carbocycles. The van der Waals surface area contributed by atoms with Gasteiger partial charge in [0.15, 0.2) is 0 Å². The highest BCUT2D eigenvalue weighted by molar-refractivity contribution is 6.21. The molecule has 0 unspecified atom stereocenters. The van der Waals surface area contributed by atoms with Gasteiger partial charge >= 0.3 is 0 Å². The molecule has 4 heteroatoms. The van der Waals surface area contributed by atoms with Gasteiger partial charge in [-0.05, 0) is 31.4 Å². The second-order valence-corrected chi connectivity index (χ2v) is 4.53. The van der Waals surface area contributed by atoms with Crippen LogP contribution in [-0.4, -0.2) is 28.2 Å². The van der Waals surface area contributed by atoms with Crippen LogP contribution in [0.3, 0.4) is 0 Å². The van der Waals surface area contributed by atoms with E-state index in [2.05, 4.69) is 10.4 Å².